The summed E-state index contributed by atoms with van der Waals surface area (Å²) < 4.78 is 0. The Balaban J connectivity index is 1.87. The SMILES string of the molecule is C=CC(=O)N1CCC1C(=O)Nc1c(Cl)ccc2cccnc12. The van der Waals surface area contributed by atoms with E-state index in [0.717, 1.165) is 5.39 Å². The molecule has 1 atom stereocenters. The summed E-state index contributed by atoms with van der Waals surface area (Å²) in [5, 5.41) is 4.10. The van der Waals surface area contributed by atoms with Gasteiger partial charge in [-0.25, -0.2) is 0 Å². The molecule has 2 amide bonds. The normalized spacial score (nSPS) is 17.0. The van der Waals surface area contributed by atoms with Gasteiger partial charge in [0.05, 0.1) is 16.2 Å². The number of carbonyl (C=O) groups is 2. The number of pyridine rings is 1. The van der Waals surface area contributed by atoms with Gasteiger partial charge in [-0.05, 0) is 24.6 Å². The summed E-state index contributed by atoms with van der Waals surface area (Å²) in [4.78, 5) is 29.8. The van der Waals surface area contributed by atoms with Crippen molar-refractivity contribution in [2.24, 2.45) is 0 Å². The number of carbonyl (C=O) groups excluding carboxylic acids is 2. The Labute approximate surface area is 132 Å². The van der Waals surface area contributed by atoms with Crippen molar-refractivity contribution < 1.29 is 9.59 Å². The summed E-state index contributed by atoms with van der Waals surface area (Å²) >= 11 is 6.19. The highest BCUT2D eigenvalue weighted by Crippen LogP contribution is 2.30. The van der Waals surface area contributed by atoms with Gasteiger partial charge >= 0.3 is 0 Å². The fourth-order valence-electron chi connectivity index (χ4n) is 2.49. The summed E-state index contributed by atoms with van der Waals surface area (Å²) in [6, 6.07) is 6.79. The van der Waals surface area contributed by atoms with Crippen LogP contribution >= 0.6 is 11.6 Å². The molecule has 0 bridgehead atoms. The Kier molecular flexibility index (Phi) is 3.81. The van der Waals surface area contributed by atoms with Crippen LogP contribution in [0.5, 0.6) is 0 Å². The molecule has 2 heterocycles. The van der Waals surface area contributed by atoms with Crippen molar-refractivity contribution in [3.05, 3.63) is 48.1 Å². The lowest BCUT2D eigenvalue weighted by Gasteiger charge is -2.39. The van der Waals surface area contributed by atoms with E-state index in [1.54, 1.807) is 12.3 Å². The number of halogens is 1. The Hall–Kier alpha value is -2.40. The molecule has 0 radical (unpaired) electrons. The number of fused-ring (bicyclic) bond motifs is 1. The third kappa shape index (κ3) is 2.44. The number of rotatable bonds is 3. The summed E-state index contributed by atoms with van der Waals surface area (Å²) in [7, 11) is 0. The number of benzene rings is 1. The molecule has 0 aliphatic carbocycles. The van der Waals surface area contributed by atoms with Gasteiger partial charge in [0.15, 0.2) is 0 Å². The molecule has 1 unspecified atom stereocenters. The van der Waals surface area contributed by atoms with E-state index >= 15 is 0 Å². The van der Waals surface area contributed by atoms with Gasteiger partial charge in [0.1, 0.15) is 6.04 Å². The number of likely N-dealkylation sites (tertiary alicyclic amines) is 1. The highest BCUT2D eigenvalue weighted by atomic mass is 35.5. The summed E-state index contributed by atoms with van der Waals surface area (Å²) in [5.41, 5.74) is 1.10. The Morgan fingerprint density at radius 2 is 2.23 bits per heavy atom. The molecule has 2 aromatic rings. The number of hydrogen-bond donors (Lipinski definition) is 1. The minimum absolute atomic E-state index is 0.242. The van der Waals surface area contributed by atoms with Crippen LogP contribution < -0.4 is 5.32 Å². The summed E-state index contributed by atoms with van der Waals surface area (Å²) in [5.74, 6) is -0.505. The Morgan fingerprint density at radius 3 is 2.91 bits per heavy atom. The van der Waals surface area contributed by atoms with Crippen LogP contribution in [0, 0.1) is 0 Å². The number of amides is 2. The first-order valence-corrected chi connectivity index (χ1v) is 7.26. The van der Waals surface area contributed by atoms with Gasteiger partial charge < -0.3 is 10.2 Å². The van der Waals surface area contributed by atoms with Crippen molar-refractivity contribution in [1.82, 2.24) is 9.88 Å². The average Bonchev–Trinajstić information content (AvgIpc) is 2.49. The third-order valence-corrected chi connectivity index (χ3v) is 4.07. The predicted molar refractivity (Wildman–Crippen MR) is 85.7 cm³/mol. The highest BCUT2D eigenvalue weighted by molar-refractivity contribution is 6.35. The van der Waals surface area contributed by atoms with Crippen LogP contribution in [0.2, 0.25) is 5.02 Å². The summed E-state index contributed by atoms with van der Waals surface area (Å²) in [6.07, 6.45) is 3.48. The van der Waals surface area contributed by atoms with Gasteiger partial charge in [0.2, 0.25) is 11.8 Å². The van der Waals surface area contributed by atoms with E-state index in [-0.39, 0.29) is 11.8 Å². The lowest BCUT2D eigenvalue weighted by Crippen LogP contribution is -2.56. The van der Waals surface area contributed by atoms with Gasteiger partial charge in [-0.1, -0.05) is 30.3 Å². The number of aromatic nitrogens is 1. The molecule has 1 fully saturated rings. The molecule has 1 saturated heterocycles. The largest absolute Gasteiger partial charge is 0.327 e. The molecule has 6 heteroatoms. The number of nitrogens with one attached hydrogen (secondary N) is 1. The van der Waals surface area contributed by atoms with E-state index in [0.29, 0.717) is 29.2 Å². The van der Waals surface area contributed by atoms with E-state index < -0.39 is 6.04 Å². The molecule has 1 aromatic carbocycles. The molecule has 5 nitrogen and oxygen atoms in total. The molecule has 3 rings (SSSR count). The number of nitrogens with zero attached hydrogens (tertiary/aromatic N) is 2. The van der Waals surface area contributed by atoms with Crippen molar-refractivity contribution in [2.75, 3.05) is 11.9 Å². The lowest BCUT2D eigenvalue weighted by atomic mass is 10.0. The molecule has 112 valence electrons. The standard InChI is InChI=1S/C16H14ClN3O2/c1-2-13(21)20-9-7-12(20)16(22)19-15-11(17)6-5-10-4-3-8-18-14(10)15/h2-6,8,12H,1,7,9H2,(H,19,22). The van der Waals surface area contributed by atoms with Gasteiger partial charge in [0.25, 0.3) is 0 Å². The van der Waals surface area contributed by atoms with Crippen molar-refractivity contribution in [3.8, 4) is 0 Å². The quantitative estimate of drug-likeness (QED) is 0.886. The highest BCUT2D eigenvalue weighted by Gasteiger charge is 2.36. The van der Waals surface area contributed by atoms with E-state index in [1.165, 1.54) is 11.0 Å². The van der Waals surface area contributed by atoms with Crippen LogP contribution in [-0.4, -0.2) is 34.3 Å². The maximum Gasteiger partial charge on any atom is 0.247 e. The van der Waals surface area contributed by atoms with Gasteiger partial charge in [-0.3, -0.25) is 14.6 Å². The first-order valence-electron chi connectivity index (χ1n) is 6.89. The van der Waals surface area contributed by atoms with Crippen molar-refractivity contribution in [3.63, 3.8) is 0 Å². The molecular weight excluding hydrogens is 302 g/mol. The molecule has 1 aliphatic rings. The van der Waals surface area contributed by atoms with E-state index in [1.807, 2.05) is 18.2 Å². The maximum absolute atomic E-state index is 12.4. The average molecular weight is 316 g/mol. The first kappa shape index (κ1) is 14.5. The minimum Gasteiger partial charge on any atom is -0.327 e. The number of anilines is 1. The van der Waals surface area contributed by atoms with Gasteiger partial charge in [-0.2, -0.15) is 0 Å². The van der Waals surface area contributed by atoms with E-state index in [4.69, 9.17) is 11.6 Å². The minimum atomic E-state index is -0.486. The van der Waals surface area contributed by atoms with Crippen molar-refractivity contribution in [1.29, 1.82) is 0 Å². The monoisotopic (exact) mass is 315 g/mol. The maximum atomic E-state index is 12.4. The van der Waals surface area contributed by atoms with Crippen LogP contribution in [0.4, 0.5) is 5.69 Å². The topological polar surface area (TPSA) is 62.3 Å². The van der Waals surface area contributed by atoms with Crippen LogP contribution in [0.25, 0.3) is 10.9 Å². The van der Waals surface area contributed by atoms with Gasteiger partial charge in [-0.15, -0.1) is 0 Å². The van der Waals surface area contributed by atoms with E-state index in [2.05, 4.69) is 16.9 Å². The van der Waals surface area contributed by atoms with Crippen LogP contribution in [0.3, 0.4) is 0 Å². The molecule has 1 aliphatic heterocycles. The van der Waals surface area contributed by atoms with Crippen molar-refractivity contribution >= 4 is 40.0 Å². The van der Waals surface area contributed by atoms with Crippen LogP contribution in [0.15, 0.2) is 43.1 Å². The second-order valence-electron chi connectivity index (χ2n) is 5.03. The molecule has 0 spiro atoms. The smallest absolute Gasteiger partial charge is 0.247 e. The zero-order valence-electron chi connectivity index (χ0n) is 11.8. The second-order valence-corrected chi connectivity index (χ2v) is 5.43. The Bertz CT molecular complexity index is 775. The molecule has 1 N–H and O–H groups in total. The third-order valence-electron chi connectivity index (χ3n) is 3.75. The second kappa shape index (κ2) is 5.77. The fraction of sp³-hybridized carbons (Fsp3) is 0.188. The number of hydrogen-bond acceptors (Lipinski definition) is 3. The van der Waals surface area contributed by atoms with Gasteiger partial charge in [0, 0.05) is 18.1 Å². The molecule has 1 aromatic heterocycles. The van der Waals surface area contributed by atoms with Crippen LogP contribution in [0.1, 0.15) is 6.42 Å². The molecule has 0 saturated carbocycles. The predicted octanol–water partition coefficient (Wildman–Crippen LogP) is 2.61. The zero-order chi connectivity index (χ0) is 15.7. The lowest BCUT2D eigenvalue weighted by molar-refractivity contribution is -0.141. The van der Waals surface area contributed by atoms with Crippen LogP contribution in [-0.2, 0) is 9.59 Å². The summed E-state index contributed by atoms with van der Waals surface area (Å²) in [6.45, 7) is 4.00. The zero-order valence-corrected chi connectivity index (χ0v) is 12.5. The molecular formula is C16H14ClN3O2. The Morgan fingerprint density at radius 1 is 1.41 bits per heavy atom. The fourth-order valence-corrected chi connectivity index (χ4v) is 2.69. The van der Waals surface area contributed by atoms with E-state index in [9.17, 15) is 9.59 Å². The first-order chi connectivity index (χ1) is 10.6. The van der Waals surface area contributed by atoms with Crippen molar-refractivity contribution in [2.45, 2.75) is 12.5 Å². The molecule has 22 heavy (non-hydrogen) atoms.